The number of benzene rings is 1. The molecule has 0 bridgehead atoms. The van der Waals surface area contributed by atoms with Gasteiger partial charge in [0.25, 0.3) is 11.1 Å². The molecule has 3 aromatic heterocycles. The normalized spacial score (nSPS) is 12.4. The van der Waals surface area contributed by atoms with Gasteiger partial charge in [-0.1, -0.05) is 29.5 Å². The van der Waals surface area contributed by atoms with E-state index < -0.39 is 0 Å². The van der Waals surface area contributed by atoms with Crippen molar-refractivity contribution in [3.8, 4) is 22.2 Å². The van der Waals surface area contributed by atoms with Gasteiger partial charge in [-0.15, -0.1) is 31.7 Å². The Morgan fingerprint density at radius 1 is 0.926 bits per heavy atom. The summed E-state index contributed by atoms with van der Waals surface area (Å²) in [5.74, 6) is 1.50. The Bertz CT molecular complexity index is 1070. The van der Waals surface area contributed by atoms with Gasteiger partial charge >= 0.3 is 0 Å². The highest BCUT2D eigenvalue weighted by atomic mass is 32.2. The maximum atomic E-state index is 5.82. The van der Waals surface area contributed by atoms with Gasteiger partial charge in [0.15, 0.2) is 0 Å². The molecule has 0 aliphatic rings. The van der Waals surface area contributed by atoms with E-state index >= 15 is 0 Å². The van der Waals surface area contributed by atoms with Crippen molar-refractivity contribution in [2.24, 2.45) is 0 Å². The minimum Gasteiger partial charge on any atom is -0.419 e. The molecule has 4 aromatic rings. The third-order valence-corrected chi connectivity index (χ3v) is 5.85. The van der Waals surface area contributed by atoms with Crippen LogP contribution in [-0.2, 0) is 0 Å². The molecule has 0 aliphatic carbocycles. The number of nitrogens with zero attached hydrogens (tertiary/aromatic N) is 5. The van der Waals surface area contributed by atoms with Crippen LogP contribution in [-0.4, -0.2) is 25.4 Å². The second-order valence-electron chi connectivity index (χ2n) is 6.09. The fourth-order valence-corrected chi connectivity index (χ4v) is 4.05. The van der Waals surface area contributed by atoms with Crippen LogP contribution in [0.4, 0.5) is 0 Å². The molecule has 138 valence electrons. The number of thiazole rings is 1. The van der Waals surface area contributed by atoms with E-state index in [1.165, 1.54) is 17.3 Å². The second kappa shape index (κ2) is 7.24. The standard InChI is InChI=1S/C18H17N5O2S2/c1-9-5-7-13(8-6-9)16-21-20-15(24-16)11(3)26-18-23-22-17(25-18)14-10(2)19-12(4)27-14/h5-8,11H,1-4H3/t11-/m0/s1. The van der Waals surface area contributed by atoms with Crippen LogP contribution in [0.3, 0.4) is 0 Å². The summed E-state index contributed by atoms with van der Waals surface area (Å²) < 4.78 is 11.6. The molecule has 27 heavy (non-hydrogen) atoms. The molecule has 4 rings (SSSR count). The SMILES string of the molecule is Cc1ccc(-c2nnc([C@H](C)Sc3nnc(-c4sc(C)nc4C)o3)o2)cc1. The van der Waals surface area contributed by atoms with Crippen molar-refractivity contribution >= 4 is 23.1 Å². The molecule has 0 unspecified atom stereocenters. The largest absolute Gasteiger partial charge is 0.419 e. The molecule has 0 saturated heterocycles. The topological polar surface area (TPSA) is 90.7 Å². The minimum absolute atomic E-state index is 0.116. The van der Waals surface area contributed by atoms with Crippen molar-refractivity contribution in [3.63, 3.8) is 0 Å². The third-order valence-electron chi connectivity index (χ3n) is 3.87. The number of aryl methyl sites for hydroxylation is 3. The first-order valence-electron chi connectivity index (χ1n) is 8.34. The second-order valence-corrected chi connectivity index (χ2v) is 8.59. The molecule has 0 spiro atoms. The van der Waals surface area contributed by atoms with Gasteiger partial charge in [-0.3, -0.25) is 0 Å². The van der Waals surface area contributed by atoms with Crippen LogP contribution in [0.5, 0.6) is 0 Å². The van der Waals surface area contributed by atoms with Crippen molar-refractivity contribution in [1.82, 2.24) is 25.4 Å². The number of hydrogen-bond donors (Lipinski definition) is 0. The number of thioether (sulfide) groups is 1. The fraction of sp³-hybridized carbons (Fsp3) is 0.278. The first kappa shape index (κ1) is 17.9. The highest BCUT2D eigenvalue weighted by molar-refractivity contribution is 7.99. The third kappa shape index (κ3) is 3.79. The van der Waals surface area contributed by atoms with E-state index in [2.05, 4.69) is 25.4 Å². The molecule has 3 heterocycles. The first-order valence-corrected chi connectivity index (χ1v) is 10.0. The van der Waals surface area contributed by atoms with Gasteiger partial charge in [-0.2, -0.15) is 0 Å². The zero-order chi connectivity index (χ0) is 19.0. The van der Waals surface area contributed by atoms with Crippen LogP contribution in [0.25, 0.3) is 22.2 Å². The highest BCUT2D eigenvalue weighted by Crippen LogP contribution is 2.37. The molecular formula is C18H17N5O2S2. The molecule has 0 saturated carbocycles. The van der Waals surface area contributed by atoms with Crippen LogP contribution >= 0.6 is 23.1 Å². The Kier molecular flexibility index (Phi) is 4.79. The lowest BCUT2D eigenvalue weighted by molar-refractivity contribution is 0.462. The molecule has 0 N–H and O–H groups in total. The Labute approximate surface area is 164 Å². The zero-order valence-corrected chi connectivity index (χ0v) is 16.9. The van der Waals surface area contributed by atoms with Gasteiger partial charge in [-0.05, 0) is 39.8 Å². The average Bonchev–Trinajstić information content (AvgIpc) is 3.35. The van der Waals surface area contributed by atoms with Crippen molar-refractivity contribution in [2.75, 3.05) is 0 Å². The molecule has 0 amide bonds. The molecule has 1 aromatic carbocycles. The van der Waals surface area contributed by atoms with Crippen molar-refractivity contribution in [3.05, 3.63) is 46.4 Å². The summed E-state index contributed by atoms with van der Waals surface area (Å²) in [5, 5.41) is 17.9. The molecule has 7 nitrogen and oxygen atoms in total. The van der Waals surface area contributed by atoms with Gasteiger partial charge in [0.05, 0.1) is 16.0 Å². The van der Waals surface area contributed by atoms with Crippen LogP contribution in [0, 0.1) is 20.8 Å². The minimum atomic E-state index is -0.116. The van der Waals surface area contributed by atoms with E-state index in [4.69, 9.17) is 8.83 Å². The molecule has 0 aliphatic heterocycles. The Hall–Kier alpha value is -2.52. The smallest absolute Gasteiger partial charge is 0.277 e. The lowest BCUT2D eigenvalue weighted by Gasteiger charge is -2.01. The van der Waals surface area contributed by atoms with Gasteiger partial charge in [0.2, 0.25) is 11.8 Å². The van der Waals surface area contributed by atoms with E-state index in [-0.39, 0.29) is 5.25 Å². The Morgan fingerprint density at radius 2 is 1.67 bits per heavy atom. The monoisotopic (exact) mass is 399 g/mol. The molecule has 9 heteroatoms. The summed E-state index contributed by atoms with van der Waals surface area (Å²) >= 11 is 2.92. The van der Waals surface area contributed by atoms with E-state index in [1.54, 1.807) is 11.3 Å². The Morgan fingerprint density at radius 3 is 2.37 bits per heavy atom. The molecular weight excluding hydrogens is 382 g/mol. The van der Waals surface area contributed by atoms with Crippen molar-refractivity contribution < 1.29 is 8.83 Å². The van der Waals surface area contributed by atoms with Gasteiger partial charge in [-0.25, -0.2) is 4.98 Å². The van der Waals surface area contributed by atoms with E-state index in [0.717, 1.165) is 21.1 Å². The van der Waals surface area contributed by atoms with Gasteiger partial charge in [0, 0.05) is 5.56 Å². The molecule has 0 radical (unpaired) electrons. The predicted octanol–water partition coefficient (Wildman–Crippen LogP) is 5.02. The lowest BCUT2D eigenvalue weighted by atomic mass is 10.1. The maximum absolute atomic E-state index is 5.82. The average molecular weight is 400 g/mol. The summed E-state index contributed by atoms with van der Waals surface area (Å²) in [7, 11) is 0. The van der Waals surface area contributed by atoms with Crippen LogP contribution in [0.15, 0.2) is 38.3 Å². The van der Waals surface area contributed by atoms with Crippen molar-refractivity contribution in [2.45, 2.75) is 38.2 Å². The predicted molar refractivity (Wildman–Crippen MR) is 104 cm³/mol. The van der Waals surface area contributed by atoms with Crippen molar-refractivity contribution in [1.29, 1.82) is 0 Å². The Balaban J connectivity index is 1.49. The number of aromatic nitrogens is 5. The zero-order valence-electron chi connectivity index (χ0n) is 15.3. The van der Waals surface area contributed by atoms with Crippen LogP contribution in [0.2, 0.25) is 0 Å². The van der Waals surface area contributed by atoms with E-state index in [0.29, 0.717) is 22.9 Å². The van der Waals surface area contributed by atoms with Crippen LogP contribution in [0.1, 0.15) is 34.3 Å². The van der Waals surface area contributed by atoms with Gasteiger partial charge < -0.3 is 8.83 Å². The summed E-state index contributed by atoms with van der Waals surface area (Å²) in [4.78, 5) is 5.29. The quantitative estimate of drug-likeness (QED) is 0.432. The summed E-state index contributed by atoms with van der Waals surface area (Å²) in [6.07, 6.45) is 0. The van der Waals surface area contributed by atoms with Crippen LogP contribution < -0.4 is 0 Å². The first-order chi connectivity index (χ1) is 13.0. The fourth-order valence-electron chi connectivity index (χ4n) is 2.49. The maximum Gasteiger partial charge on any atom is 0.277 e. The summed E-state index contributed by atoms with van der Waals surface area (Å²) in [6, 6.07) is 7.96. The van der Waals surface area contributed by atoms with Gasteiger partial charge in [0.1, 0.15) is 4.88 Å². The van der Waals surface area contributed by atoms with E-state index in [9.17, 15) is 0 Å². The number of rotatable bonds is 5. The lowest BCUT2D eigenvalue weighted by Crippen LogP contribution is -1.88. The highest BCUT2D eigenvalue weighted by Gasteiger charge is 2.21. The number of hydrogen-bond acceptors (Lipinski definition) is 9. The molecule has 1 atom stereocenters. The summed E-state index contributed by atoms with van der Waals surface area (Å²) in [5.41, 5.74) is 2.97. The summed E-state index contributed by atoms with van der Waals surface area (Å²) in [6.45, 7) is 7.89. The van der Waals surface area contributed by atoms with E-state index in [1.807, 2.05) is 52.0 Å². The molecule has 0 fully saturated rings.